The van der Waals surface area contributed by atoms with Crippen LogP contribution in [0.25, 0.3) is 0 Å². The Morgan fingerprint density at radius 2 is 1.79 bits per heavy atom. The monoisotopic (exact) mass is 330 g/mol. The molecule has 5 aliphatic rings. The van der Waals surface area contributed by atoms with Gasteiger partial charge in [0, 0.05) is 5.92 Å². The first-order valence-corrected chi connectivity index (χ1v) is 10.0. The van der Waals surface area contributed by atoms with Gasteiger partial charge in [-0.25, -0.2) is 0 Å². The zero-order chi connectivity index (χ0) is 16.6. The standard InChI is InChI=1S/C21H30O3/c1-21(2,14-5-6-15(22)10-14)24-20(23)17-9-13-8-16(17)19-12-4-3-11(7-12)18(13)19/h3-4,11-19,22H,5-10H2,1-2H3. The van der Waals surface area contributed by atoms with Crippen LogP contribution in [0.5, 0.6) is 0 Å². The van der Waals surface area contributed by atoms with Crippen molar-refractivity contribution < 1.29 is 14.6 Å². The van der Waals surface area contributed by atoms with E-state index in [1.807, 2.05) is 13.8 Å². The van der Waals surface area contributed by atoms with Crippen LogP contribution >= 0.6 is 0 Å². The van der Waals surface area contributed by atoms with Crippen LogP contribution in [0.1, 0.15) is 52.4 Å². The molecule has 4 saturated carbocycles. The first kappa shape index (κ1) is 15.4. The van der Waals surface area contributed by atoms with Gasteiger partial charge in [-0.05, 0) is 87.9 Å². The van der Waals surface area contributed by atoms with Crippen molar-refractivity contribution in [2.24, 2.45) is 47.3 Å². The average Bonchev–Trinajstić information content (AvgIpc) is 3.31. The van der Waals surface area contributed by atoms with Crippen molar-refractivity contribution in [1.29, 1.82) is 0 Å². The number of allylic oxidation sites excluding steroid dienone is 2. The van der Waals surface area contributed by atoms with E-state index in [1.54, 1.807) is 0 Å². The van der Waals surface area contributed by atoms with Crippen LogP contribution in [0.2, 0.25) is 0 Å². The minimum Gasteiger partial charge on any atom is -0.459 e. The van der Waals surface area contributed by atoms with E-state index in [-0.39, 0.29) is 18.0 Å². The molecule has 0 heterocycles. The van der Waals surface area contributed by atoms with Gasteiger partial charge in [-0.2, -0.15) is 0 Å². The van der Waals surface area contributed by atoms with Crippen molar-refractivity contribution in [3.8, 4) is 0 Å². The highest BCUT2D eigenvalue weighted by Crippen LogP contribution is 2.67. The molecule has 0 aromatic rings. The Hall–Kier alpha value is -0.830. The number of carbonyl (C=O) groups is 1. The first-order valence-electron chi connectivity index (χ1n) is 10.0. The maximum atomic E-state index is 13.0. The number of hydrogen-bond acceptors (Lipinski definition) is 3. The molecule has 4 fully saturated rings. The van der Waals surface area contributed by atoms with Gasteiger partial charge < -0.3 is 9.84 Å². The predicted molar refractivity (Wildman–Crippen MR) is 90.9 cm³/mol. The molecule has 0 aromatic carbocycles. The van der Waals surface area contributed by atoms with Crippen molar-refractivity contribution in [2.45, 2.75) is 64.1 Å². The Morgan fingerprint density at radius 1 is 1.04 bits per heavy atom. The molecule has 0 aromatic heterocycles. The molecule has 0 radical (unpaired) electrons. The molecule has 5 aliphatic carbocycles. The number of esters is 1. The Morgan fingerprint density at radius 3 is 2.50 bits per heavy atom. The summed E-state index contributed by atoms with van der Waals surface area (Å²) in [6.07, 6.45) is 10.9. The maximum Gasteiger partial charge on any atom is 0.309 e. The highest BCUT2D eigenvalue weighted by atomic mass is 16.6. The average molecular weight is 330 g/mol. The zero-order valence-electron chi connectivity index (χ0n) is 14.9. The van der Waals surface area contributed by atoms with Gasteiger partial charge in [0.25, 0.3) is 0 Å². The molecule has 0 spiro atoms. The number of rotatable bonds is 3. The van der Waals surface area contributed by atoms with Crippen molar-refractivity contribution in [2.75, 3.05) is 0 Å². The highest BCUT2D eigenvalue weighted by Gasteiger charge is 2.62. The topological polar surface area (TPSA) is 46.5 Å². The van der Waals surface area contributed by atoms with Crippen LogP contribution in [0.4, 0.5) is 0 Å². The predicted octanol–water partition coefficient (Wildman–Crippen LogP) is 3.56. The number of hydrogen-bond donors (Lipinski definition) is 1. The smallest absolute Gasteiger partial charge is 0.309 e. The molecule has 1 N–H and O–H groups in total. The van der Waals surface area contributed by atoms with E-state index in [9.17, 15) is 9.90 Å². The number of aliphatic hydroxyl groups is 1. The van der Waals surface area contributed by atoms with Crippen LogP contribution in [0.3, 0.4) is 0 Å². The lowest BCUT2D eigenvalue weighted by atomic mass is 9.69. The summed E-state index contributed by atoms with van der Waals surface area (Å²) in [4.78, 5) is 13.0. The lowest BCUT2D eigenvalue weighted by molar-refractivity contribution is -0.170. The van der Waals surface area contributed by atoms with Crippen molar-refractivity contribution in [3.63, 3.8) is 0 Å². The van der Waals surface area contributed by atoms with Crippen LogP contribution < -0.4 is 0 Å². The second-order valence-corrected chi connectivity index (χ2v) is 9.79. The molecule has 4 bridgehead atoms. The Balaban J connectivity index is 1.28. The second-order valence-electron chi connectivity index (χ2n) is 9.79. The molecule has 24 heavy (non-hydrogen) atoms. The van der Waals surface area contributed by atoms with Gasteiger partial charge >= 0.3 is 5.97 Å². The maximum absolute atomic E-state index is 13.0. The van der Waals surface area contributed by atoms with Gasteiger partial charge in [0.2, 0.25) is 0 Å². The molecule has 9 atom stereocenters. The van der Waals surface area contributed by atoms with Gasteiger partial charge in [0.15, 0.2) is 0 Å². The van der Waals surface area contributed by atoms with Crippen molar-refractivity contribution >= 4 is 5.97 Å². The SMILES string of the molecule is CC(C)(OC(=O)C1CC2CC1C1C3C=CC(C3)C21)C1CCC(O)C1. The minimum absolute atomic E-state index is 0.0547. The summed E-state index contributed by atoms with van der Waals surface area (Å²) in [6, 6.07) is 0. The lowest BCUT2D eigenvalue weighted by Crippen LogP contribution is -2.41. The minimum atomic E-state index is -0.440. The Bertz CT molecular complexity index is 580. The fraction of sp³-hybridized carbons (Fsp3) is 0.857. The third-order valence-corrected chi connectivity index (χ3v) is 8.32. The van der Waals surface area contributed by atoms with Gasteiger partial charge in [-0.15, -0.1) is 0 Å². The van der Waals surface area contributed by atoms with E-state index in [0.717, 1.165) is 55.3 Å². The molecule has 3 nitrogen and oxygen atoms in total. The highest BCUT2D eigenvalue weighted by molar-refractivity contribution is 5.74. The Labute approximate surface area is 144 Å². The second kappa shape index (κ2) is 5.09. The fourth-order valence-electron chi connectivity index (χ4n) is 7.29. The van der Waals surface area contributed by atoms with E-state index < -0.39 is 5.60 Å². The molecule has 9 unspecified atom stereocenters. The Kier molecular flexibility index (Phi) is 3.27. The third kappa shape index (κ3) is 2.09. The van der Waals surface area contributed by atoms with Crippen molar-refractivity contribution in [1.82, 2.24) is 0 Å². The normalized spacial score (nSPS) is 51.4. The molecular formula is C21H30O3. The van der Waals surface area contributed by atoms with E-state index in [0.29, 0.717) is 11.8 Å². The summed E-state index contributed by atoms with van der Waals surface area (Å²) in [7, 11) is 0. The molecule has 0 amide bonds. The van der Waals surface area contributed by atoms with E-state index >= 15 is 0 Å². The van der Waals surface area contributed by atoms with E-state index in [4.69, 9.17) is 4.74 Å². The summed E-state index contributed by atoms with van der Waals surface area (Å²) in [5.41, 5.74) is -0.440. The largest absolute Gasteiger partial charge is 0.459 e. The number of fused-ring (bicyclic) bond motifs is 9. The molecule has 132 valence electrons. The first-order chi connectivity index (χ1) is 11.4. The van der Waals surface area contributed by atoms with Crippen LogP contribution in [0, 0.1) is 47.3 Å². The summed E-state index contributed by atoms with van der Waals surface area (Å²) in [5.74, 6) is 4.99. The molecule has 0 aliphatic heterocycles. The van der Waals surface area contributed by atoms with Gasteiger partial charge in [0.1, 0.15) is 5.60 Å². The van der Waals surface area contributed by atoms with Crippen LogP contribution in [0.15, 0.2) is 12.2 Å². The number of ether oxygens (including phenoxy) is 1. The van der Waals surface area contributed by atoms with Crippen molar-refractivity contribution in [3.05, 3.63) is 12.2 Å². The summed E-state index contributed by atoms with van der Waals surface area (Å²) >= 11 is 0. The fourth-order valence-corrected chi connectivity index (χ4v) is 7.29. The number of carbonyl (C=O) groups excluding carboxylic acids is 1. The third-order valence-electron chi connectivity index (χ3n) is 8.32. The summed E-state index contributed by atoms with van der Waals surface area (Å²) < 4.78 is 6.07. The molecular weight excluding hydrogens is 300 g/mol. The zero-order valence-corrected chi connectivity index (χ0v) is 14.9. The summed E-state index contributed by atoms with van der Waals surface area (Å²) in [6.45, 7) is 4.09. The molecule has 0 saturated heterocycles. The number of aliphatic hydroxyl groups excluding tert-OH is 1. The molecule has 3 heteroatoms. The van der Waals surface area contributed by atoms with Gasteiger partial charge in [-0.1, -0.05) is 12.2 Å². The van der Waals surface area contributed by atoms with Gasteiger partial charge in [-0.3, -0.25) is 4.79 Å². The lowest BCUT2D eigenvalue weighted by Gasteiger charge is -2.38. The van der Waals surface area contributed by atoms with E-state index in [2.05, 4.69) is 12.2 Å². The summed E-state index contributed by atoms with van der Waals surface area (Å²) in [5, 5.41) is 9.81. The van der Waals surface area contributed by atoms with Crippen LogP contribution in [-0.2, 0) is 9.53 Å². The quantitative estimate of drug-likeness (QED) is 0.489. The van der Waals surface area contributed by atoms with Gasteiger partial charge in [0.05, 0.1) is 12.0 Å². The van der Waals surface area contributed by atoms with E-state index in [1.165, 1.54) is 12.8 Å². The molecule has 5 rings (SSSR count). The van der Waals surface area contributed by atoms with Crippen LogP contribution in [-0.4, -0.2) is 22.8 Å².